The molecule has 4 atom stereocenters. The molecular weight excluding hydrogens is 843 g/mol. The van der Waals surface area contributed by atoms with E-state index in [0.717, 1.165) is 33.4 Å². The molecule has 4 aliphatic rings. The lowest BCUT2D eigenvalue weighted by Crippen LogP contribution is -2.45. The molecule has 4 aromatic rings. The molecule has 2 heterocycles. The van der Waals surface area contributed by atoms with E-state index in [0.29, 0.717) is 6.42 Å². The summed E-state index contributed by atoms with van der Waals surface area (Å²) in [6, 6.07) is 30.8. The zero-order valence-electron chi connectivity index (χ0n) is 38.4. The number of fused-ring (bicyclic) bond motifs is 6. The molecule has 14 heteroatoms. The van der Waals surface area contributed by atoms with Gasteiger partial charge in [-0.1, -0.05) is 97.1 Å². The maximum atomic E-state index is 12.7. The van der Waals surface area contributed by atoms with Crippen molar-refractivity contribution in [2.45, 2.75) is 102 Å². The molecule has 0 saturated carbocycles. The molecule has 2 aliphatic heterocycles. The normalized spacial score (nSPS) is 19.7. The number of nitrogens with zero attached hydrogens (tertiary/aromatic N) is 2. The van der Waals surface area contributed by atoms with Crippen molar-refractivity contribution in [2.75, 3.05) is 26.3 Å². The van der Waals surface area contributed by atoms with E-state index in [4.69, 9.17) is 24.7 Å². The summed E-state index contributed by atoms with van der Waals surface area (Å²) in [5.41, 5.74) is 13.3. The third-order valence-corrected chi connectivity index (χ3v) is 12.3. The Bertz CT molecular complexity index is 2230. The van der Waals surface area contributed by atoms with Gasteiger partial charge in [-0.2, -0.15) is 0 Å². The molecule has 348 valence electrons. The minimum absolute atomic E-state index is 0.0124. The highest BCUT2D eigenvalue weighted by molar-refractivity contribution is 5.86. The molecule has 0 spiro atoms. The number of amides is 3. The third kappa shape index (κ3) is 10.9. The summed E-state index contributed by atoms with van der Waals surface area (Å²) < 4.78 is 22.1. The Kier molecular flexibility index (Phi) is 13.9. The van der Waals surface area contributed by atoms with Gasteiger partial charge in [-0.25, -0.2) is 14.4 Å². The van der Waals surface area contributed by atoms with Gasteiger partial charge in [0.1, 0.15) is 36.5 Å². The van der Waals surface area contributed by atoms with Crippen LogP contribution in [0.15, 0.2) is 97.1 Å². The number of esters is 2. The van der Waals surface area contributed by atoms with E-state index in [9.17, 15) is 33.9 Å². The Balaban J connectivity index is 0.000000196. The van der Waals surface area contributed by atoms with Crippen LogP contribution in [-0.2, 0) is 38.1 Å². The quantitative estimate of drug-likeness (QED) is 0.115. The number of carbonyl (C=O) groups is 6. The molecular formula is C52H59N3O11. The predicted molar refractivity (Wildman–Crippen MR) is 245 cm³/mol. The lowest BCUT2D eigenvalue weighted by Gasteiger charge is -2.27. The fourth-order valence-corrected chi connectivity index (χ4v) is 9.51. The van der Waals surface area contributed by atoms with Crippen LogP contribution in [0.3, 0.4) is 0 Å². The Morgan fingerprint density at radius 1 is 0.545 bits per heavy atom. The number of carboxylic acid groups (broad SMARTS) is 1. The number of primary amides is 1. The average Bonchev–Trinajstić information content (AvgIpc) is 4.03. The number of likely N-dealkylation sites (tertiary alicyclic amines) is 2. The van der Waals surface area contributed by atoms with Gasteiger partial charge in [0.2, 0.25) is 5.91 Å². The second kappa shape index (κ2) is 19.4. The standard InChI is InChI=1S/C26H30N2O5.C26H29NO6/c1-26(2,3)33-25(31)28-14-16(12-22(28)24(27)30)13-23(29)32-15-21-19-10-6-4-8-17(19)18-9-5-7-11-20(18)21;1-26(2,3)33-25(31)27-14-16(12-22(27)24(29)30)13-23(28)32-15-21-19-10-6-4-8-17(19)18-9-5-7-11-20(18)21/h4-11,16,21-22H,12-15H2,1-3H3,(H2,27,30);4-11,16,21-22H,12-15H2,1-3H3,(H,29,30)/t2*16-,22-/m00/s1. The van der Waals surface area contributed by atoms with Gasteiger partial charge in [0.25, 0.3) is 0 Å². The Labute approximate surface area is 385 Å². The summed E-state index contributed by atoms with van der Waals surface area (Å²) in [6.45, 7) is 11.3. The molecule has 2 fully saturated rings. The van der Waals surface area contributed by atoms with Crippen molar-refractivity contribution in [2.24, 2.45) is 17.6 Å². The molecule has 8 rings (SSSR count). The van der Waals surface area contributed by atoms with Crippen molar-refractivity contribution in [1.82, 2.24) is 9.80 Å². The average molecular weight is 902 g/mol. The number of carboxylic acids is 1. The van der Waals surface area contributed by atoms with E-state index >= 15 is 0 Å². The van der Waals surface area contributed by atoms with Gasteiger partial charge < -0.3 is 29.8 Å². The van der Waals surface area contributed by atoms with E-state index in [-0.39, 0.29) is 75.2 Å². The summed E-state index contributed by atoms with van der Waals surface area (Å²) >= 11 is 0. The zero-order chi connectivity index (χ0) is 47.5. The Morgan fingerprint density at radius 3 is 1.18 bits per heavy atom. The third-order valence-electron chi connectivity index (χ3n) is 12.3. The van der Waals surface area contributed by atoms with Crippen LogP contribution in [-0.4, -0.2) is 100 Å². The first-order valence-corrected chi connectivity index (χ1v) is 22.5. The van der Waals surface area contributed by atoms with E-state index in [1.807, 2.05) is 48.5 Å². The van der Waals surface area contributed by atoms with E-state index in [2.05, 4.69) is 48.5 Å². The van der Waals surface area contributed by atoms with Crippen LogP contribution < -0.4 is 5.73 Å². The van der Waals surface area contributed by atoms with E-state index in [1.165, 1.54) is 20.9 Å². The SMILES string of the molecule is CC(C)(C)OC(=O)N1C[C@H](CC(=O)OCC2c3ccccc3-c3ccccc32)C[C@H]1C(=O)O.CC(C)(C)OC(=O)N1C[C@H](CC(=O)OCC2c3ccccc3-c3ccccc32)C[C@H]1C(N)=O. The minimum atomic E-state index is -1.10. The van der Waals surface area contributed by atoms with Crippen LogP contribution in [0.1, 0.15) is 101 Å². The molecule has 2 saturated heterocycles. The van der Waals surface area contributed by atoms with E-state index in [1.54, 1.807) is 41.5 Å². The van der Waals surface area contributed by atoms with Crippen LogP contribution in [0.2, 0.25) is 0 Å². The second-order valence-electron chi connectivity index (χ2n) is 19.5. The number of ether oxygens (including phenoxy) is 4. The Morgan fingerprint density at radius 2 is 0.864 bits per heavy atom. The van der Waals surface area contributed by atoms with Gasteiger partial charge in [0, 0.05) is 24.9 Å². The van der Waals surface area contributed by atoms with Crippen molar-refractivity contribution in [3.05, 3.63) is 119 Å². The van der Waals surface area contributed by atoms with Crippen LogP contribution in [0.25, 0.3) is 22.3 Å². The van der Waals surface area contributed by atoms with Gasteiger partial charge in [-0.15, -0.1) is 0 Å². The van der Waals surface area contributed by atoms with Crippen LogP contribution in [0.4, 0.5) is 9.59 Å². The summed E-state index contributed by atoms with van der Waals surface area (Å²) in [7, 11) is 0. The monoisotopic (exact) mass is 901 g/mol. The van der Waals surface area contributed by atoms with Crippen LogP contribution in [0.5, 0.6) is 0 Å². The fraction of sp³-hybridized carbons (Fsp3) is 0.423. The molecule has 14 nitrogen and oxygen atoms in total. The molecule has 0 unspecified atom stereocenters. The molecule has 0 bridgehead atoms. The van der Waals surface area contributed by atoms with Gasteiger partial charge in [0.15, 0.2) is 0 Å². The van der Waals surface area contributed by atoms with Crippen molar-refractivity contribution in [3.8, 4) is 22.3 Å². The first-order valence-electron chi connectivity index (χ1n) is 22.5. The summed E-state index contributed by atoms with van der Waals surface area (Å²) in [6.07, 6.45) is -0.596. The maximum absolute atomic E-state index is 12.7. The lowest BCUT2D eigenvalue weighted by molar-refractivity contribution is -0.146. The summed E-state index contributed by atoms with van der Waals surface area (Å²) in [5, 5.41) is 9.55. The molecule has 0 aromatic heterocycles. The van der Waals surface area contributed by atoms with E-state index < -0.39 is 53.3 Å². The highest BCUT2D eigenvalue weighted by Gasteiger charge is 2.44. The first-order chi connectivity index (χ1) is 31.3. The number of carbonyl (C=O) groups excluding carboxylic acids is 5. The largest absolute Gasteiger partial charge is 0.480 e. The summed E-state index contributed by atoms with van der Waals surface area (Å²) in [5.74, 6) is -3.00. The van der Waals surface area contributed by atoms with Crippen molar-refractivity contribution < 1.29 is 52.8 Å². The first kappa shape index (κ1) is 47.3. The predicted octanol–water partition coefficient (Wildman–Crippen LogP) is 8.29. The number of hydrogen-bond acceptors (Lipinski definition) is 10. The molecule has 4 aromatic carbocycles. The fourth-order valence-electron chi connectivity index (χ4n) is 9.51. The number of aliphatic carboxylic acids is 1. The highest BCUT2D eigenvalue weighted by atomic mass is 16.6. The highest BCUT2D eigenvalue weighted by Crippen LogP contribution is 2.46. The number of rotatable bonds is 10. The molecule has 66 heavy (non-hydrogen) atoms. The summed E-state index contributed by atoms with van der Waals surface area (Å²) in [4.78, 5) is 76.4. The van der Waals surface area contributed by atoms with Gasteiger partial charge in [-0.3, -0.25) is 24.2 Å². The molecule has 3 amide bonds. The zero-order valence-corrected chi connectivity index (χ0v) is 38.4. The Hall–Kier alpha value is -6.70. The minimum Gasteiger partial charge on any atom is -0.480 e. The van der Waals surface area contributed by atoms with Crippen molar-refractivity contribution >= 4 is 36.0 Å². The number of hydrogen-bond donors (Lipinski definition) is 2. The molecule has 3 N–H and O–H groups in total. The van der Waals surface area contributed by atoms with Crippen molar-refractivity contribution in [3.63, 3.8) is 0 Å². The number of nitrogens with two attached hydrogens (primary N) is 1. The number of benzene rings is 4. The molecule has 0 radical (unpaired) electrons. The van der Waals surface area contributed by atoms with Crippen molar-refractivity contribution in [1.29, 1.82) is 0 Å². The topological polar surface area (TPSA) is 192 Å². The molecule has 2 aliphatic carbocycles. The van der Waals surface area contributed by atoms with Crippen LogP contribution >= 0.6 is 0 Å². The second-order valence-corrected chi connectivity index (χ2v) is 19.5. The smallest absolute Gasteiger partial charge is 0.411 e. The van der Waals surface area contributed by atoms with Crippen LogP contribution in [0, 0.1) is 11.8 Å². The van der Waals surface area contributed by atoms with Gasteiger partial charge in [-0.05, 0) is 111 Å². The lowest BCUT2D eigenvalue weighted by atomic mass is 9.98. The maximum Gasteiger partial charge on any atom is 0.411 e. The van der Waals surface area contributed by atoms with Gasteiger partial charge in [0.05, 0.1) is 12.8 Å². The van der Waals surface area contributed by atoms with Gasteiger partial charge >= 0.3 is 30.1 Å².